The molecule has 1 aromatic carbocycles. The highest BCUT2D eigenvalue weighted by Crippen LogP contribution is 2.15. The zero-order valence-corrected chi connectivity index (χ0v) is 10.7. The van der Waals surface area contributed by atoms with E-state index in [9.17, 15) is 13.6 Å². The Bertz CT molecular complexity index is 489. The van der Waals surface area contributed by atoms with Gasteiger partial charge in [-0.1, -0.05) is 0 Å². The van der Waals surface area contributed by atoms with E-state index in [1.54, 1.807) is 13.0 Å². The van der Waals surface area contributed by atoms with Crippen LogP contribution < -0.4 is 5.32 Å². The van der Waals surface area contributed by atoms with Gasteiger partial charge in [0, 0.05) is 12.1 Å². The molecule has 0 spiro atoms. The van der Waals surface area contributed by atoms with Gasteiger partial charge in [0.05, 0.1) is 18.2 Å². The van der Waals surface area contributed by atoms with Gasteiger partial charge in [-0.25, -0.2) is 8.78 Å². The smallest absolute Gasteiger partial charge is 0.322 e. The maximum atomic E-state index is 13.6. The molecule has 4 nitrogen and oxygen atoms in total. The third-order valence-electron chi connectivity index (χ3n) is 2.50. The molecular formula is C13H14F2N2O2. The minimum Gasteiger partial charge on any atom is -0.465 e. The van der Waals surface area contributed by atoms with Gasteiger partial charge in [0.2, 0.25) is 0 Å². The lowest BCUT2D eigenvalue weighted by Gasteiger charge is -2.13. The second-order valence-electron chi connectivity index (χ2n) is 3.88. The molecule has 0 bridgehead atoms. The fourth-order valence-corrected chi connectivity index (χ4v) is 1.44. The largest absolute Gasteiger partial charge is 0.465 e. The molecule has 1 rings (SSSR count). The number of nitrogens with one attached hydrogen (secondary N) is 1. The summed E-state index contributed by atoms with van der Waals surface area (Å²) in [5.41, 5.74) is -0.299. The van der Waals surface area contributed by atoms with Crippen molar-refractivity contribution in [3.63, 3.8) is 0 Å². The molecule has 1 unspecified atom stereocenters. The van der Waals surface area contributed by atoms with Gasteiger partial charge in [0.1, 0.15) is 17.7 Å². The Morgan fingerprint density at radius 1 is 1.47 bits per heavy atom. The van der Waals surface area contributed by atoms with Crippen molar-refractivity contribution in [1.29, 1.82) is 5.26 Å². The van der Waals surface area contributed by atoms with Crippen molar-refractivity contribution in [2.75, 3.05) is 6.61 Å². The number of carbonyl (C=O) groups is 1. The highest BCUT2D eigenvalue weighted by Gasteiger charge is 2.16. The molecule has 19 heavy (non-hydrogen) atoms. The standard InChI is InChI=1S/C13H14F2N2O2/c1-3-19-13(18)8(2)17-7-10-11(14)4-9(6-16)5-12(10)15/h4-5,8,17H,3,7H2,1-2H3. The number of rotatable bonds is 5. The molecule has 0 saturated carbocycles. The van der Waals surface area contributed by atoms with Crippen molar-refractivity contribution >= 4 is 5.97 Å². The molecule has 0 aliphatic heterocycles. The monoisotopic (exact) mass is 268 g/mol. The number of nitrogens with zero attached hydrogens (tertiary/aromatic N) is 1. The molecule has 0 aliphatic carbocycles. The Hall–Kier alpha value is -2.00. The highest BCUT2D eigenvalue weighted by molar-refractivity contribution is 5.75. The van der Waals surface area contributed by atoms with Gasteiger partial charge >= 0.3 is 5.97 Å². The lowest BCUT2D eigenvalue weighted by atomic mass is 10.1. The minimum absolute atomic E-state index is 0.0859. The summed E-state index contributed by atoms with van der Waals surface area (Å²) in [6.07, 6.45) is 0. The summed E-state index contributed by atoms with van der Waals surface area (Å²) < 4.78 is 31.9. The maximum Gasteiger partial charge on any atom is 0.322 e. The molecule has 0 aromatic heterocycles. The first-order valence-electron chi connectivity index (χ1n) is 5.77. The van der Waals surface area contributed by atoms with E-state index in [-0.39, 0.29) is 24.3 Å². The number of ether oxygens (including phenoxy) is 1. The average Bonchev–Trinajstić information content (AvgIpc) is 2.37. The van der Waals surface area contributed by atoms with E-state index < -0.39 is 23.6 Å². The first kappa shape index (κ1) is 15.1. The van der Waals surface area contributed by atoms with Crippen LogP contribution >= 0.6 is 0 Å². The van der Waals surface area contributed by atoms with E-state index in [1.807, 2.05) is 0 Å². The van der Waals surface area contributed by atoms with Gasteiger partial charge in [0.15, 0.2) is 0 Å². The van der Waals surface area contributed by atoms with E-state index in [0.29, 0.717) is 0 Å². The Kier molecular flexibility index (Phi) is 5.39. The number of hydrogen-bond acceptors (Lipinski definition) is 4. The molecule has 0 fully saturated rings. The molecule has 0 radical (unpaired) electrons. The SMILES string of the molecule is CCOC(=O)C(C)NCc1c(F)cc(C#N)cc1F. The Balaban J connectivity index is 2.74. The van der Waals surface area contributed by atoms with Crippen LogP contribution in [0.15, 0.2) is 12.1 Å². The molecule has 102 valence electrons. The van der Waals surface area contributed by atoms with E-state index in [1.165, 1.54) is 6.92 Å². The van der Waals surface area contributed by atoms with Crippen LogP contribution in [0.25, 0.3) is 0 Å². The van der Waals surface area contributed by atoms with Crippen molar-refractivity contribution in [2.45, 2.75) is 26.4 Å². The van der Waals surface area contributed by atoms with Gasteiger partial charge in [-0.15, -0.1) is 0 Å². The number of carbonyl (C=O) groups excluding carboxylic acids is 1. The minimum atomic E-state index is -0.819. The summed E-state index contributed by atoms with van der Waals surface area (Å²) in [6, 6.07) is 2.90. The van der Waals surface area contributed by atoms with Crippen LogP contribution in [0.3, 0.4) is 0 Å². The summed E-state index contributed by atoms with van der Waals surface area (Å²) in [7, 11) is 0. The Morgan fingerprint density at radius 3 is 2.53 bits per heavy atom. The zero-order chi connectivity index (χ0) is 14.4. The van der Waals surface area contributed by atoms with Crippen LogP contribution in [-0.2, 0) is 16.1 Å². The average molecular weight is 268 g/mol. The van der Waals surface area contributed by atoms with Crippen LogP contribution in [0.2, 0.25) is 0 Å². The maximum absolute atomic E-state index is 13.6. The Morgan fingerprint density at radius 2 is 2.05 bits per heavy atom. The molecule has 0 amide bonds. The molecule has 0 aliphatic rings. The fourth-order valence-electron chi connectivity index (χ4n) is 1.44. The molecule has 0 saturated heterocycles. The van der Waals surface area contributed by atoms with Crippen molar-refractivity contribution in [3.8, 4) is 6.07 Å². The van der Waals surface area contributed by atoms with Gasteiger partial charge in [-0.3, -0.25) is 4.79 Å². The van der Waals surface area contributed by atoms with Crippen molar-refractivity contribution < 1.29 is 18.3 Å². The van der Waals surface area contributed by atoms with E-state index in [2.05, 4.69) is 5.32 Å². The van der Waals surface area contributed by atoms with Crippen LogP contribution in [-0.4, -0.2) is 18.6 Å². The second-order valence-corrected chi connectivity index (χ2v) is 3.88. The quantitative estimate of drug-likeness (QED) is 0.828. The zero-order valence-electron chi connectivity index (χ0n) is 10.7. The van der Waals surface area contributed by atoms with Gasteiger partial charge in [-0.05, 0) is 26.0 Å². The van der Waals surface area contributed by atoms with Crippen molar-refractivity contribution in [1.82, 2.24) is 5.32 Å². The molecular weight excluding hydrogens is 254 g/mol. The third kappa shape index (κ3) is 4.00. The molecule has 1 aromatic rings. The molecule has 1 atom stereocenters. The fraction of sp³-hybridized carbons (Fsp3) is 0.385. The molecule has 0 heterocycles. The third-order valence-corrected chi connectivity index (χ3v) is 2.50. The first-order valence-corrected chi connectivity index (χ1v) is 5.77. The number of benzene rings is 1. The van der Waals surface area contributed by atoms with Gasteiger partial charge in [-0.2, -0.15) is 5.26 Å². The van der Waals surface area contributed by atoms with Crippen molar-refractivity contribution in [3.05, 3.63) is 34.9 Å². The topological polar surface area (TPSA) is 62.1 Å². The highest BCUT2D eigenvalue weighted by atomic mass is 19.1. The van der Waals surface area contributed by atoms with Crippen LogP contribution in [0.4, 0.5) is 8.78 Å². The normalized spacial score (nSPS) is 11.7. The number of hydrogen-bond donors (Lipinski definition) is 1. The van der Waals surface area contributed by atoms with Gasteiger partial charge in [0.25, 0.3) is 0 Å². The summed E-state index contributed by atoms with van der Waals surface area (Å²) in [5.74, 6) is -2.13. The second kappa shape index (κ2) is 6.81. The summed E-state index contributed by atoms with van der Waals surface area (Å²) in [5, 5.41) is 11.2. The lowest BCUT2D eigenvalue weighted by Crippen LogP contribution is -2.35. The first-order chi connectivity index (χ1) is 8.99. The van der Waals surface area contributed by atoms with Gasteiger partial charge < -0.3 is 10.1 Å². The Labute approximate surface area is 110 Å². The van der Waals surface area contributed by atoms with E-state index in [4.69, 9.17) is 10.00 Å². The molecule has 1 N–H and O–H groups in total. The summed E-state index contributed by atoms with van der Waals surface area (Å²) in [6.45, 7) is 3.29. The van der Waals surface area contributed by atoms with Crippen molar-refractivity contribution in [2.24, 2.45) is 0 Å². The van der Waals surface area contributed by atoms with E-state index >= 15 is 0 Å². The predicted octanol–water partition coefficient (Wildman–Crippen LogP) is 1.88. The summed E-state index contributed by atoms with van der Waals surface area (Å²) >= 11 is 0. The number of nitriles is 1. The summed E-state index contributed by atoms with van der Waals surface area (Å²) in [4.78, 5) is 11.3. The van der Waals surface area contributed by atoms with Crippen LogP contribution in [0.1, 0.15) is 25.0 Å². The predicted molar refractivity (Wildman–Crippen MR) is 64.0 cm³/mol. The number of esters is 1. The number of halogens is 2. The van der Waals surface area contributed by atoms with Crippen LogP contribution in [0, 0.1) is 23.0 Å². The lowest BCUT2D eigenvalue weighted by molar-refractivity contribution is -0.145. The van der Waals surface area contributed by atoms with E-state index in [0.717, 1.165) is 12.1 Å². The van der Waals surface area contributed by atoms with Crippen LogP contribution in [0.5, 0.6) is 0 Å². The molecule has 6 heteroatoms.